The first-order valence-corrected chi connectivity index (χ1v) is 8.13. The summed E-state index contributed by atoms with van der Waals surface area (Å²) in [4.78, 5) is 4.62. The highest BCUT2D eigenvalue weighted by Gasteiger charge is 2.03. The van der Waals surface area contributed by atoms with E-state index in [-0.39, 0.29) is 0 Å². The third-order valence-corrected chi connectivity index (χ3v) is 5.09. The molecule has 1 heterocycles. The molecular formula is C16H15BrN2S. The molecule has 0 bridgehead atoms. The first kappa shape index (κ1) is 13.7. The maximum atomic E-state index is 4.62. The molecule has 0 aliphatic carbocycles. The summed E-state index contributed by atoms with van der Waals surface area (Å²) in [5, 5.41) is 4.60. The summed E-state index contributed by atoms with van der Waals surface area (Å²) in [5.74, 6) is 0. The number of nitrogens with zero attached hydrogens (tertiary/aromatic N) is 1. The van der Waals surface area contributed by atoms with Gasteiger partial charge in [-0.1, -0.05) is 40.2 Å². The normalized spacial score (nSPS) is 11.1. The molecular weight excluding hydrogens is 332 g/mol. The number of rotatable bonds is 4. The molecule has 4 heteroatoms. The monoisotopic (exact) mass is 346 g/mol. The van der Waals surface area contributed by atoms with Crippen molar-refractivity contribution in [2.75, 3.05) is 0 Å². The fourth-order valence-corrected chi connectivity index (χ4v) is 3.31. The minimum absolute atomic E-state index is 0.814. The zero-order valence-corrected chi connectivity index (χ0v) is 13.6. The fraction of sp³-hybridized carbons (Fsp3) is 0.188. The van der Waals surface area contributed by atoms with Crippen LogP contribution >= 0.6 is 27.3 Å². The molecule has 2 nitrogen and oxygen atoms in total. The van der Waals surface area contributed by atoms with Crippen LogP contribution in [0.2, 0.25) is 0 Å². The summed E-state index contributed by atoms with van der Waals surface area (Å²) in [7, 11) is 0. The average molecular weight is 347 g/mol. The number of aromatic nitrogens is 1. The van der Waals surface area contributed by atoms with Crippen molar-refractivity contribution in [2.24, 2.45) is 0 Å². The van der Waals surface area contributed by atoms with Gasteiger partial charge in [0.15, 0.2) is 0 Å². The van der Waals surface area contributed by atoms with E-state index in [2.05, 4.69) is 69.6 Å². The number of hydrogen-bond donors (Lipinski definition) is 1. The number of nitrogens with one attached hydrogen (secondary N) is 1. The number of aryl methyl sites for hydroxylation is 1. The van der Waals surface area contributed by atoms with Gasteiger partial charge in [0, 0.05) is 17.6 Å². The summed E-state index contributed by atoms with van der Waals surface area (Å²) in [5.41, 5.74) is 3.66. The first-order chi connectivity index (χ1) is 9.72. The van der Waals surface area contributed by atoms with Crippen molar-refractivity contribution in [2.45, 2.75) is 20.0 Å². The van der Waals surface area contributed by atoms with Gasteiger partial charge in [0.05, 0.1) is 10.2 Å². The number of halogens is 1. The van der Waals surface area contributed by atoms with E-state index in [1.54, 1.807) is 11.3 Å². The fourth-order valence-electron chi connectivity index (χ4n) is 2.13. The van der Waals surface area contributed by atoms with Gasteiger partial charge in [-0.15, -0.1) is 11.3 Å². The third kappa shape index (κ3) is 3.08. The Morgan fingerprint density at radius 1 is 1.15 bits per heavy atom. The van der Waals surface area contributed by atoms with Gasteiger partial charge < -0.3 is 5.32 Å². The van der Waals surface area contributed by atoms with Gasteiger partial charge >= 0.3 is 0 Å². The lowest BCUT2D eigenvalue weighted by molar-refractivity contribution is 0.690. The molecule has 0 aliphatic heterocycles. The van der Waals surface area contributed by atoms with E-state index < -0.39 is 0 Å². The molecule has 20 heavy (non-hydrogen) atoms. The number of para-hydroxylation sites is 1. The van der Waals surface area contributed by atoms with Crippen molar-refractivity contribution in [3.05, 3.63) is 63.1 Å². The van der Waals surface area contributed by atoms with Crippen LogP contribution in [0.25, 0.3) is 10.2 Å². The maximum Gasteiger partial charge on any atom is 0.108 e. The van der Waals surface area contributed by atoms with Crippen LogP contribution in [0.1, 0.15) is 16.1 Å². The summed E-state index contributed by atoms with van der Waals surface area (Å²) in [6.07, 6.45) is 0. The molecule has 1 N–H and O–H groups in total. The van der Waals surface area contributed by atoms with Crippen LogP contribution in [0, 0.1) is 6.92 Å². The van der Waals surface area contributed by atoms with Crippen LogP contribution in [0.15, 0.2) is 46.9 Å². The van der Waals surface area contributed by atoms with E-state index in [0.29, 0.717) is 0 Å². The number of hydrogen-bond acceptors (Lipinski definition) is 3. The van der Waals surface area contributed by atoms with Gasteiger partial charge in [-0.05, 0) is 36.2 Å². The number of benzene rings is 2. The number of thiazole rings is 1. The summed E-state index contributed by atoms with van der Waals surface area (Å²) >= 11 is 5.28. The van der Waals surface area contributed by atoms with Crippen molar-refractivity contribution in [1.82, 2.24) is 10.3 Å². The molecule has 0 radical (unpaired) electrons. The molecule has 3 rings (SSSR count). The predicted molar refractivity (Wildman–Crippen MR) is 89.0 cm³/mol. The second-order valence-electron chi connectivity index (χ2n) is 4.76. The molecule has 0 atom stereocenters. The van der Waals surface area contributed by atoms with Crippen molar-refractivity contribution < 1.29 is 0 Å². The standard InChI is InChI=1S/C16H15BrN2S/c1-11-8-12(6-7-13(11)17)9-18-10-16-19-14-4-2-3-5-15(14)20-16/h2-8,18H,9-10H2,1H3. The predicted octanol–water partition coefficient (Wildman–Crippen LogP) is 4.66. The molecule has 3 aromatic rings. The van der Waals surface area contributed by atoms with Crippen LogP contribution in [-0.4, -0.2) is 4.98 Å². The van der Waals surface area contributed by atoms with Gasteiger partial charge in [-0.25, -0.2) is 4.98 Å². The van der Waals surface area contributed by atoms with Crippen molar-refractivity contribution in [3.63, 3.8) is 0 Å². The molecule has 1 aromatic heterocycles. The summed E-state index contributed by atoms with van der Waals surface area (Å²) in [6, 6.07) is 14.7. The van der Waals surface area contributed by atoms with Crippen LogP contribution < -0.4 is 5.32 Å². The Morgan fingerprint density at radius 2 is 2.00 bits per heavy atom. The molecule has 0 unspecified atom stereocenters. The van der Waals surface area contributed by atoms with Gasteiger partial charge in [0.1, 0.15) is 5.01 Å². The largest absolute Gasteiger partial charge is 0.306 e. The van der Waals surface area contributed by atoms with E-state index >= 15 is 0 Å². The second kappa shape index (κ2) is 6.04. The highest BCUT2D eigenvalue weighted by atomic mass is 79.9. The maximum absolute atomic E-state index is 4.62. The lowest BCUT2D eigenvalue weighted by Gasteiger charge is -2.05. The Hall–Kier alpha value is -1.23. The van der Waals surface area contributed by atoms with Gasteiger partial charge in [-0.2, -0.15) is 0 Å². The van der Waals surface area contributed by atoms with Crippen molar-refractivity contribution >= 4 is 37.5 Å². The van der Waals surface area contributed by atoms with Crippen LogP contribution in [0.4, 0.5) is 0 Å². The smallest absolute Gasteiger partial charge is 0.108 e. The van der Waals surface area contributed by atoms with Gasteiger partial charge in [0.2, 0.25) is 0 Å². The van der Waals surface area contributed by atoms with Gasteiger partial charge in [0.25, 0.3) is 0 Å². The lowest BCUT2D eigenvalue weighted by atomic mass is 10.1. The van der Waals surface area contributed by atoms with E-state index in [1.165, 1.54) is 15.8 Å². The Morgan fingerprint density at radius 3 is 2.80 bits per heavy atom. The van der Waals surface area contributed by atoms with Crippen LogP contribution in [-0.2, 0) is 13.1 Å². The number of fused-ring (bicyclic) bond motifs is 1. The summed E-state index contributed by atoms with van der Waals surface area (Å²) in [6.45, 7) is 3.79. The van der Waals surface area contributed by atoms with Crippen molar-refractivity contribution in [1.29, 1.82) is 0 Å². The minimum atomic E-state index is 0.814. The Kier molecular flexibility index (Phi) is 4.15. The Bertz CT molecular complexity index is 703. The van der Waals surface area contributed by atoms with E-state index in [4.69, 9.17) is 0 Å². The molecule has 2 aromatic carbocycles. The Labute approximate surface area is 131 Å². The second-order valence-corrected chi connectivity index (χ2v) is 6.73. The zero-order valence-electron chi connectivity index (χ0n) is 11.2. The van der Waals surface area contributed by atoms with E-state index in [9.17, 15) is 0 Å². The topological polar surface area (TPSA) is 24.9 Å². The summed E-state index contributed by atoms with van der Waals surface area (Å²) < 4.78 is 2.41. The zero-order chi connectivity index (χ0) is 13.9. The van der Waals surface area contributed by atoms with Crippen LogP contribution in [0.3, 0.4) is 0 Å². The molecule has 0 fully saturated rings. The molecule has 0 aliphatic rings. The third-order valence-electron chi connectivity index (χ3n) is 3.17. The quantitative estimate of drug-likeness (QED) is 0.743. The molecule has 0 amide bonds. The SMILES string of the molecule is Cc1cc(CNCc2nc3ccccc3s2)ccc1Br. The molecule has 0 saturated carbocycles. The molecule has 102 valence electrons. The highest BCUT2D eigenvalue weighted by molar-refractivity contribution is 9.10. The van der Waals surface area contributed by atoms with Crippen LogP contribution in [0.5, 0.6) is 0 Å². The Balaban J connectivity index is 1.63. The lowest BCUT2D eigenvalue weighted by Crippen LogP contribution is -2.12. The first-order valence-electron chi connectivity index (χ1n) is 6.52. The van der Waals surface area contributed by atoms with Gasteiger partial charge in [-0.3, -0.25) is 0 Å². The van der Waals surface area contributed by atoms with E-state index in [0.717, 1.165) is 28.1 Å². The van der Waals surface area contributed by atoms with E-state index in [1.807, 2.05) is 6.07 Å². The van der Waals surface area contributed by atoms with Crippen molar-refractivity contribution in [3.8, 4) is 0 Å². The average Bonchev–Trinajstić information content (AvgIpc) is 2.85. The molecule has 0 saturated heterocycles. The molecule has 0 spiro atoms. The highest BCUT2D eigenvalue weighted by Crippen LogP contribution is 2.21. The minimum Gasteiger partial charge on any atom is -0.306 e.